The van der Waals surface area contributed by atoms with Gasteiger partial charge in [0.2, 0.25) is 17.7 Å². The van der Waals surface area contributed by atoms with E-state index in [-0.39, 0.29) is 17.7 Å². The van der Waals surface area contributed by atoms with E-state index in [0.29, 0.717) is 31.7 Å². The summed E-state index contributed by atoms with van der Waals surface area (Å²) in [4.78, 5) is 44.6. The Morgan fingerprint density at radius 2 is 1.56 bits per heavy atom. The number of pyridine rings is 1. The number of fused-ring (bicyclic) bond motifs is 2. The quantitative estimate of drug-likeness (QED) is 0.717. The number of hydrogen-bond acceptors (Lipinski definition) is 4. The molecule has 1 aromatic carbocycles. The molecule has 1 N–H and O–H groups in total. The van der Waals surface area contributed by atoms with E-state index < -0.39 is 0 Å². The summed E-state index contributed by atoms with van der Waals surface area (Å²) in [6, 6.07) is 8.16. The molecular weight excluding hydrogens is 428 g/mol. The highest BCUT2D eigenvalue weighted by molar-refractivity contribution is 5.94. The maximum absolute atomic E-state index is 12.8. The topological polar surface area (TPSA) is 82.6 Å². The number of likely N-dealkylation sites (tertiary alicyclic amines) is 1. The molecule has 3 aliphatic rings. The van der Waals surface area contributed by atoms with Gasteiger partial charge in [0.15, 0.2) is 0 Å². The monoisotopic (exact) mass is 456 g/mol. The molecule has 0 atom stereocenters. The van der Waals surface area contributed by atoms with E-state index in [1.54, 1.807) is 24.4 Å². The molecule has 3 amide bonds. The number of amides is 3. The number of aromatic nitrogens is 1. The second-order valence-corrected chi connectivity index (χ2v) is 9.06. The van der Waals surface area contributed by atoms with Crippen LogP contribution < -0.4 is 5.32 Å². The average molecular weight is 457 g/mol. The van der Waals surface area contributed by atoms with Crippen molar-refractivity contribution < 1.29 is 14.4 Å². The smallest absolute Gasteiger partial charge is 0.246 e. The summed E-state index contributed by atoms with van der Waals surface area (Å²) in [5, 5.41) is 2.77. The zero-order valence-corrected chi connectivity index (χ0v) is 19.1. The Kier molecular flexibility index (Phi) is 6.25. The first kappa shape index (κ1) is 22.1. The van der Waals surface area contributed by atoms with Gasteiger partial charge in [0.25, 0.3) is 0 Å². The number of hydrogen-bond donors (Lipinski definition) is 1. The summed E-state index contributed by atoms with van der Waals surface area (Å²) < 4.78 is 0. The lowest BCUT2D eigenvalue weighted by Gasteiger charge is -2.28. The normalized spacial score (nSPS) is 17.7. The van der Waals surface area contributed by atoms with Gasteiger partial charge >= 0.3 is 0 Å². The van der Waals surface area contributed by atoms with Crippen LogP contribution in [0.1, 0.15) is 47.1 Å². The Morgan fingerprint density at radius 1 is 0.824 bits per heavy atom. The first-order chi connectivity index (χ1) is 16.5. The summed E-state index contributed by atoms with van der Waals surface area (Å²) in [7, 11) is 0. The number of aryl methyl sites for hydroxylation is 1. The molecule has 0 radical (unpaired) electrons. The van der Waals surface area contributed by atoms with E-state index in [0.717, 1.165) is 54.6 Å². The summed E-state index contributed by atoms with van der Waals surface area (Å²) in [5.41, 5.74) is 5.22. The Hall–Kier alpha value is -3.74. The Morgan fingerprint density at radius 3 is 2.38 bits per heavy atom. The molecule has 1 aromatic heterocycles. The largest absolute Gasteiger partial charge is 0.339 e. The molecule has 3 aliphatic heterocycles. The third-order valence-electron chi connectivity index (χ3n) is 6.68. The number of carbonyl (C=O) groups excluding carboxylic acids is 3. The highest BCUT2D eigenvalue weighted by Crippen LogP contribution is 2.23. The van der Waals surface area contributed by atoms with E-state index >= 15 is 0 Å². The Labute approximate surface area is 199 Å². The van der Waals surface area contributed by atoms with Gasteiger partial charge in [-0.05, 0) is 71.7 Å². The minimum atomic E-state index is -0.0307. The van der Waals surface area contributed by atoms with Crippen molar-refractivity contribution in [3.8, 4) is 0 Å². The molecule has 1 saturated heterocycles. The Balaban J connectivity index is 1.20. The summed E-state index contributed by atoms with van der Waals surface area (Å²) in [6.07, 6.45) is 12.7. The Bertz CT molecular complexity index is 1190. The van der Waals surface area contributed by atoms with Gasteiger partial charge in [-0.1, -0.05) is 18.2 Å². The van der Waals surface area contributed by atoms with Crippen molar-refractivity contribution in [2.24, 2.45) is 0 Å². The highest BCUT2D eigenvalue weighted by atomic mass is 16.2. The second-order valence-electron chi connectivity index (χ2n) is 9.06. The molecule has 0 aliphatic carbocycles. The van der Waals surface area contributed by atoms with Gasteiger partial charge in [0, 0.05) is 50.9 Å². The van der Waals surface area contributed by atoms with Crippen molar-refractivity contribution in [3.63, 3.8) is 0 Å². The fourth-order valence-corrected chi connectivity index (χ4v) is 4.71. The SMILES string of the molecule is O=C1CCc2cc(C=CC(=O)N3CCc4cc(/C=C/C(=O)N5CCCC5)ccc4C3)cnc2N1. The number of carbonyl (C=O) groups is 3. The average Bonchev–Trinajstić information content (AvgIpc) is 3.40. The second kappa shape index (κ2) is 9.63. The van der Waals surface area contributed by atoms with Crippen LogP contribution in [0.2, 0.25) is 0 Å². The summed E-state index contributed by atoms with van der Waals surface area (Å²) >= 11 is 0. The minimum Gasteiger partial charge on any atom is -0.339 e. The maximum Gasteiger partial charge on any atom is 0.246 e. The highest BCUT2D eigenvalue weighted by Gasteiger charge is 2.20. The number of benzene rings is 1. The number of rotatable bonds is 4. The van der Waals surface area contributed by atoms with E-state index in [1.165, 1.54) is 5.56 Å². The van der Waals surface area contributed by atoms with Crippen molar-refractivity contribution in [1.29, 1.82) is 0 Å². The molecule has 174 valence electrons. The van der Waals surface area contributed by atoms with Crippen LogP contribution in [0, 0.1) is 0 Å². The summed E-state index contributed by atoms with van der Waals surface area (Å²) in [5.74, 6) is 0.652. The van der Waals surface area contributed by atoms with Crippen molar-refractivity contribution in [2.45, 2.75) is 38.6 Å². The maximum atomic E-state index is 12.8. The fourth-order valence-electron chi connectivity index (χ4n) is 4.71. The lowest BCUT2D eigenvalue weighted by Crippen LogP contribution is -2.34. The predicted octanol–water partition coefficient (Wildman–Crippen LogP) is 3.20. The van der Waals surface area contributed by atoms with Crippen molar-refractivity contribution >= 4 is 35.7 Å². The van der Waals surface area contributed by atoms with Crippen LogP contribution in [0.5, 0.6) is 0 Å². The molecular formula is C27H28N4O3. The van der Waals surface area contributed by atoms with Crippen LogP contribution in [0.15, 0.2) is 42.6 Å². The third-order valence-corrected chi connectivity index (χ3v) is 6.68. The van der Waals surface area contributed by atoms with Gasteiger partial charge in [-0.15, -0.1) is 0 Å². The fraction of sp³-hybridized carbons (Fsp3) is 0.333. The molecule has 2 aromatic rings. The van der Waals surface area contributed by atoms with Gasteiger partial charge < -0.3 is 15.1 Å². The van der Waals surface area contributed by atoms with Gasteiger partial charge in [-0.2, -0.15) is 0 Å². The molecule has 1 fully saturated rings. The molecule has 7 nitrogen and oxygen atoms in total. The molecule has 4 heterocycles. The number of nitrogens with one attached hydrogen (secondary N) is 1. The van der Waals surface area contributed by atoms with Crippen molar-refractivity contribution in [2.75, 3.05) is 25.0 Å². The van der Waals surface area contributed by atoms with Gasteiger partial charge in [-0.3, -0.25) is 14.4 Å². The van der Waals surface area contributed by atoms with Gasteiger partial charge in [-0.25, -0.2) is 4.98 Å². The van der Waals surface area contributed by atoms with Crippen LogP contribution in [-0.4, -0.2) is 52.1 Å². The van der Waals surface area contributed by atoms with Crippen LogP contribution in [0.3, 0.4) is 0 Å². The van der Waals surface area contributed by atoms with Gasteiger partial charge in [0.05, 0.1) is 0 Å². The third kappa shape index (κ3) is 4.93. The van der Waals surface area contributed by atoms with Crippen LogP contribution >= 0.6 is 0 Å². The van der Waals surface area contributed by atoms with E-state index in [4.69, 9.17) is 0 Å². The molecule has 0 unspecified atom stereocenters. The van der Waals surface area contributed by atoms with Crippen LogP contribution in [0.25, 0.3) is 12.2 Å². The summed E-state index contributed by atoms with van der Waals surface area (Å²) in [6.45, 7) is 2.94. The molecule has 0 spiro atoms. The van der Waals surface area contributed by atoms with Crippen LogP contribution in [-0.2, 0) is 33.8 Å². The van der Waals surface area contributed by atoms with E-state index in [9.17, 15) is 14.4 Å². The first-order valence-electron chi connectivity index (χ1n) is 11.9. The number of nitrogens with zero attached hydrogens (tertiary/aromatic N) is 3. The van der Waals surface area contributed by atoms with E-state index in [2.05, 4.69) is 22.4 Å². The van der Waals surface area contributed by atoms with Crippen molar-refractivity contribution in [3.05, 3.63) is 70.4 Å². The first-order valence-corrected chi connectivity index (χ1v) is 11.9. The van der Waals surface area contributed by atoms with E-state index in [1.807, 2.05) is 28.0 Å². The van der Waals surface area contributed by atoms with Crippen molar-refractivity contribution in [1.82, 2.24) is 14.8 Å². The number of anilines is 1. The lowest BCUT2D eigenvalue weighted by atomic mass is 9.97. The lowest BCUT2D eigenvalue weighted by molar-refractivity contribution is -0.127. The molecule has 0 bridgehead atoms. The van der Waals surface area contributed by atoms with Gasteiger partial charge in [0.1, 0.15) is 5.82 Å². The zero-order chi connectivity index (χ0) is 23.5. The standard InChI is InChI=1S/C27H28N4O3/c32-24-8-7-22-16-20(17-28-27(22)29-24)5-10-26(34)31-14-11-21-15-19(3-6-23(21)18-31)4-9-25(33)30-12-1-2-13-30/h3-6,9-10,15-17H,1-2,7-8,11-14,18H2,(H,28,29,32)/b9-4+,10-5?. The zero-order valence-electron chi connectivity index (χ0n) is 19.1. The predicted molar refractivity (Wildman–Crippen MR) is 131 cm³/mol. The molecule has 5 rings (SSSR count). The minimum absolute atomic E-state index is 0.0115. The molecule has 34 heavy (non-hydrogen) atoms. The molecule has 7 heteroatoms. The molecule has 0 saturated carbocycles. The van der Waals surface area contributed by atoms with Crippen LogP contribution in [0.4, 0.5) is 5.82 Å².